The number of Topliss-reactive ketones (excluding diaryl/α,β-unsaturated/α-hetero) is 1. The van der Waals surface area contributed by atoms with Crippen molar-refractivity contribution in [2.75, 3.05) is 6.54 Å². The summed E-state index contributed by atoms with van der Waals surface area (Å²) in [7, 11) is 0. The van der Waals surface area contributed by atoms with Crippen molar-refractivity contribution in [3.8, 4) is 0 Å². The topological polar surface area (TPSA) is 29.1 Å². The van der Waals surface area contributed by atoms with Crippen molar-refractivity contribution in [2.45, 2.75) is 78.2 Å². The van der Waals surface area contributed by atoms with Crippen molar-refractivity contribution in [3.63, 3.8) is 0 Å². The monoisotopic (exact) mass is 239 g/mol. The lowest BCUT2D eigenvalue weighted by molar-refractivity contribution is -0.132. The van der Waals surface area contributed by atoms with E-state index in [2.05, 4.69) is 26.1 Å². The second-order valence-corrected chi connectivity index (χ2v) is 5.78. The summed E-state index contributed by atoms with van der Waals surface area (Å²) < 4.78 is 0. The van der Waals surface area contributed by atoms with Gasteiger partial charge >= 0.3 is 0 Å². The average molecular weight is 239 g/mol. The summed E-state index contributed by atoms with van der Waals surface area (Å²) in [6, 6.07) is 0.165. The Balaban J connectivity index is 2.52. The van der Waals surface area contributed by atoms with Crippen molar-refractivity contribution in [1.29, 1.82) is 0 Å². The number of hydrogen-bond acceptors (Lipinski definition) is 2. The SMILES string of the molecule is CCCCCC(C)(CCCC)C(=O)[C@H]1CCN1. The summed E-state index contributed by atoms with van der Waals surface area (Å²) in [4.78, 5) is 12.5. The molecule has 0 saturated carbocycles. The van der Waals surface area contributed by atoms with E-state index < -0.39 is 0 Å². The third kappa shape index (κ3) is 4.09. The van der Waals surface area contributed by atoms with Crippen LogP contribution < -0.4 is 5.32 Å². The smallest absolute Gasteiger partial charge is 0.155 e. The first kappa shape index (κ1) is 14.7. The fraction of sp³-hybridized carbons (Fsp3) is 0.933. The highest BCUT2D eigenvalue weighted by Crippen LogP contribution is 2.34. The molecule has 0 amide bonds. The standard InChI is InChI=1S/C15H29NO/c1-4-6-8-11-15(3,10-7-5-2)14(17)13-9-12-16-13/h13,16H,4-12H2,1-3H3/t13-,15?/m1/s1. The minimum atomic E-state index is -0.0662. The molecule has 100 valence electrons. The molecular weight excluding hydrogens is 210 g/mol. The summed E-state index contributed by atoms with van der Waals surface area (Å²) in [5.41, 5.74) is -0.0662. The van der Waals surface area contributed by atoms with Gasteiger partial charge in [-0.15, -0.1) is 0 Å². The van der Waals surface area contributed by atoms with E-state index in [9.17, 15) is 4.79 Å². The zero-order valence-corrected chi connectivity index (χ0v) is 11.8. The van der Waals surface area contributed by atoms with Crippen LogP contribution in [0.4, 0.5) is 0 Å². The van der Waals surface area contributed by atoms with Gasteiger partial charge in [0.05, 0.1) is 6.04 Å². The first-order valence-electron chi connectivity index (χ1n) is 7.41. The van der Waals surface area contributed by atoms with E-state index >= 15 is 0 Å². The van der Waals surface area contributed by atoms with Crippen molar-refractivity contribution < 1.29 is 4.79 Å². The average Bonchev–Trinajstić information content (AvgIpc) is 2.24. The Kier molecular flexibility index (Phi) is 6.18. The molecule has 1 aliphatic rings. The second-order valence-electron chi connectivity index (χ2n) is 5.78. The molecular formula is C15H29NO. The Morgan fingerprint density at radius 2 is 1.76 bits per heavy atom. The maximum absolute atomic E-state index is 12.5. The zero-order chi connectivity index (χ0) is 12.7. The van der Waals surface area contributed by atoms with Crippen LogP contribution in [-0.2, 0) is 4.79 Å². The summed E-state index contributed by atoms with van der Waals surface area (Å²) >= 11 is 0. The molecule has 1 heterocycles. The summed E-state index contributed by atoms with van der Waals surface area (Å²) in [6.45, 7) is 7.65. The molecule has 0 aromatic carbocycles. The van der Waals surface area contributed by atoms with Crippen LogP contribution in [0.3, 0.4) is 0 Å². The van der Waals surface area contributed by atoms with Crippen molar-refractivity contribution in [1.82, 2.24) is 5.32 Å². The molecule has 0 bridgehead atoms. The van der Waals surface area contributed by atoms with Crippen molar-refractivity contribution in [2.24, 2.45) is 5.41 Å². The van der Waals surface area contributed by atoms with E-state index in [1.807, 2.05) is 0 Å². The molecule has 2 nitrogen and oxygen atoms in total. The van der Waals surface area contributed by atoms with Crippen LogP contribution in [0.5, 0.6) is 0 Å². The number of carbonyl (C=O) groups is 1. The molecule has 1 unspecified atom stereocenters. The second kappa shape index (κ2) is 7.15. The summed E-state index contributed by atoms with van der Waals surface area (Å²) in [6.07, 6.45) is 9.27. The molecule has 1 saturated heterocycles. The molecule has 1 fully saturated rings. The van der Waals surface area contributed by atoms with Gasteiger partial charge in [-0.1, -0.05) is 52.9 Å². The lowest BCUT2D eigenvalue weighted by Crippen LogP contribution is -2.53. The molecule has 1 rings (SSSR count). The van der Waals surface area contributed by atoms with E-state index in [0.29, 0.717) is 5.78 Å². The van der Waals surface area contributed by atoms with Crippen molar-refractivity contribution in [3.05, 3.63) is 0 Å². The van der Waals surface area contributed by atoms with Crippen LogP contribution in [0, 0.1) is 5.41 Å². The van der Waals surface area contributed by atoms with Crippen LogP contribution in [0.25, 0.3) is 0 Å². The molecule has 0 aromatic heterocycles. The van der Waals surface area contributed by atoms with E-state index in [-0.39, 0.29) is 11.5 Å². The number of rotatable bonds is 9. The van der Waals surface area contributed by atoms with Gasteiger partial charge in [-0.3, -0.25) is 4.79 Å². The number of ketones is 1. The van der Waals surface area contributed by atoms with Gasteiger partial charge in [-0.2, -0.15) is 0 Å². The highest BCUT2D eigenvalue weighted by atomic mass is 16.1. The minimum Gasteiger partial charge on any atom is -0.307 e. The summed E-state index contributed by atoms with van der Waals surface area (Å²) in [5, 5.41) is 3.27. The maximum atomic E-state index is 12.5. The molecule has 1 N–H and O–H groups in total. The van der Waals surface area contributed by atoms with E-state index in [1.54, 1.807) is 0 Å². The fourth-order valence-corrected chi connectivity index (χ4v) is 2.64. The quantitative estimate of drug-likeness (QED) is 0.622. The molecule has 2 heteroatoms. The largest absolute Gasteiger partial charge is 0.307 e. The van der Waals surface area contributed by atoms with Crippen LogP contribution in [0.1, 0.15) is 72.1 Å². The highest BCUT2D eigenvalue weighted by Gasteiger charge is 2.38. The predicted molar refractivity (Wildman–Crippen MR) is 73.2 cm³/mol. The number of unbranched alkanes of at least 4 members (excludes halogenated alkanes) is 3. The molecule has 0 aliphatic carbocycles. The van der Waals surface area contributed by atoms with Crippen molar-refractivity contribution >= 4 is 5.78 Å². The Bertz CT molecular complexity index is 235. The van der Waals surface area contributed by atoms with Crippen LogP contribution in [-0.4, -0.2) is 18.4 Å². The van der Waals surface area contributed by atoms with E-state index in [4.69, 9.17) is 0 Å². The predicted octanol–water partition coefficient (Wildman–Crippen LogP) is 3.69. The first-order valence-corrected chi connectivity index (χ1v) is 7.41. The normalized spacial score (nSPS) is 22.9. The molecule has 2 atom stereocenters. The zero-order valence-electron chi connectivity index (χ0n) is 11.8. The van der Waals surface area contributed by atoms with Gasteiger partial charge in [-0.05, 0) is 25.8 Å². The number of nitrogens with one attached hydrogen (secondary N) is 1. The van der Waals surface area contributed by atoms with E-state index in [0.717, 1.165) is 25.8 Å². The Hall–Kier alpha value is -0.370. The minimum absolute atomic E-state index is 0.0662. The van der Waals surface area contributed by atoms with Gasteiger partial charge < -0.3 is 5.32 Å². The van der Waals surface area contributed by atoms with Gasteiger partial charge in [0.2, 0.25) is 0 Å². The fourth-order valence-electron chi connectivity index (χ4n) is 2.64. The van der Waals surface area contributed by atoms with Gasteiger partial charge in [-0.25, -0.2) is 0 Å². The third-order valence-electron chi connectivity index (χ3n) is 4.15. The van der Waals surface area contributed by atoms with Gasteiger partial charge in [0, 0.05) is 5.41 Å². The number of carbonyl (C=O) groups excluding carboxylic acids is 1. The third-order valence-corrected chi connectivity index (χ3v) is 4.15. The molecule has 0 radical (unpaired) electrons. The Morgan fingerprint density at radius 1 is 1.18 bits per heavy atom. The molecule has 1 aliphatic heterocycles. The molecule has 17 heavy (non-hydrogen) atoms. The first-order chi connectivity index (χ1) is 8.14. The van der Waals surface area contributed by atoms with E-state index in [1.165, 1.54) is 32.1 Å². The van der Waals surface area contributed by atoms with Gasteiger partial charge in [0.25, 0.3) is 0 Å². The van der Waals surface area contributed by atoms with Crippen LogP contribution in [0.2, 0.25) is 0 Å². The maximum Gasteiger partial charge on any atom is 0.155 e. The van der Waals surface area contributed by atoms with Crippen LogP contribution in [0.15, 0.2) is 0 Å². The van der Waals surface area contributed by atoms with Gasteiger partial charge in [0.1, 0.15) is 0 Å². The Morgan fingerprint density at radius 3 is 2.24 bits per heavy atom. The van der Waals surface area contributed by atoms with Crippen LogP contribution >= 0.6 is 0 Å². The Labute approximate surface area is 107 Å². The lowest BCUT2D eigenvalue weighted by atomic mass is 9.72. The molecule has 0 aromatic rings. The lowest BCUT2D eigenvalue weighted by Gasteiger charge is -2.36. The summed E-state index contributed by atoms with van der Waals surface area (Å²) in [5.74, 6) is 0.480. The van der Waals surface area contributed by atoms with Gasteiger partial charge in [0.15, 0.2) is 5.78 Å². The number of hydrogen-bond donors (Lipinski definition) is 1. The highest BCUT2D eigenvalue weighted by molar-refractivity contribution is 5.90. The molecule has 0 spiro atoms.